The van der Waals surface area contributed by atoms with Gasteiger partial charge in [0.2, 0.25) is 0 Å². The van der Waals surface area contributed by atoms with Gasteiger partial charge in [0.15, 0.2) is 0 Å². The van der Waals surface area contributed by atoms with Crippen molar-refractivity contribution in [2.75, 3.05) is 6.54 Å². The van der Waals surface area contributed by atoms with Crippen LogP contribution in [-0.4, -0.2) is 21.3 Å². The molecule has 60 valence electrons. The molecule has 4 nitrogen and oxygen atoms in total. The molecule has 0 radical (unpaired) electrons. The highest BCUT2D eigenvalue weighted by molar-refractivity contribution is 4.93. The van der Waals surface area contributed by atoms with Gasteiger partial charge in [0.05, 0.1) is 0 Å². The second-order valence-corrected chi connectivity index (χ2v) is 3.30. The van der Waals surface area contributed by atoms with Gasteiger partial charge >= 0.3 is 0 Å². The summed E-state index contributed by atoms with van der Waals surface area (Å²) in [7, 11) is 0. The molecule has 1 saturated carbocycles. The lowest BCUT2D eigenvalue weighted by molar-refractivity contribution is 0.406. The van der Waals surface area contributed by atoms with Crippen LogP contribution in [0.1, 0.15) is 12.8 Å². The molecule has 1 aromatic rings. The first-order chi connectivity index (χ1) is 5.35. The molecule has 4 heteroatoms. The largest absolute Gasteiger partial charge is 0.330 e. The molecular formula is C7H12N4. The first-order valence-corrected chi connectivity index (χ1v) is 3.87. The van der Waals surface area contributed by atoms with E-state index in [0.717, 1.165) is 13.1 Å². The minimum absolute atomic E-state index is 0.355. The number of nitrogens with two attached hydrogens (primary N) is 1. The van der Waals surface area contributed by atoms with Crippen LogP contribution in [-0.2, 0) is 6.54 Å². The highest BCUT2D eigenvalue weighted by Gasteiger charge is 2.41. The molecule has 0 unspecified atom stereocenters. The van der Waals surface area contributed by atoms with E-state index in [2.05, 4.69) is 10.1 Å². The number of hydrogen-bond acceptors (Lipinski definition) is 3. The summed E-state index contributed by atoms with van der Waals surface area (Å²) in [4.78, 5) is 3.88. The van der Waals surface area contributed by atoms with Gasteiger partial charge in [-0.15, -0.1) is 0 Å². The molecule has 1 heterocycles. The van der Waals surface area contributed by atoms with Gasteiger partial charge in [0.25, 0.3) is 0 Å². The van der Waals surface area contributed by atoms with Crippen molar-refractivity contribution in [1.82, 2.24) is 14.8 Å². The topological polar surface area (TPSA) is 56.7 Å². The maximum Gasteiger partial charge on any atom is 0.137 e. The normalized spacial score (nSPS) is 20.1. The van der Waals surface area contributed by atoms with Crippen molar-refractivity contribution in [2.45, 2.75) is 19.4 Å². The molecule has 0 bridgehead atoms. The van der Waals surface area contributed by atoms with Crippen molar-refractivity contribution < 1.29 is 0 Å². The van der Waals surface area contributed by atoms with E-state index in [9.17, 15) is 0 Å². The molecule has 1 aliphatic rings. The second kappa shape index (κ2) is 2.30. The molecule has 11 heavy (non-hydrogen) atoms. The van der Waals surface area contributed by atoms with Crippen LogP contribution in [0.25, 0.3) is 0 Å². The molecule has 0 spiro atoms. The Morgan fingerprint density at radius 3 is 2.82 bits per heavy atom. The Morgan fingerprint density at radius 2 is 2.36 bits per heavy atom. The smallest absolute Gasteiger partial charge is 0.137 e. The molecule has 0 aromatic carbocycles. The summed E-state index contributed by atoms with van der Waals surface area (Å²) in [5.74, 6) is 0. The fourth-order valence-corrected chi connectivity index (χ4v) is 1.26. The predicted molar refractivity (Wildman–Crippen MR) is 40.7 cm³/mol. The molecule has 0 saturated heterocycles. The van der Waals surface area contributed by atoms with Gasteiger partial charge < -0.3 is 5.73 Å². The van der Waals surface area contributed by atoms with Crippen LogP contribution < -0.4 is 5.73 Å². The highest BCUT2D eigenvalue weighted by atomic mass is 15.3. The summed E-state index contributed by atoms with van der Waals surface area (Å²) in [5, 5.41) is 4.04. The van der Waals surface area contributed by atoms with Gasteiger partial charge in [-0.2, -0.15) is 5.10 Å². The van der Waals surface area contributed by atoms with Gasteiger partial charge in [0.1, 0.15) is 12.7 Å². The molecule has 0 atom stereocenters. The first kappa shape index (κ1) is 6.79. The van der Waals surface area contributed by atoms with E-state index >= 15 is 0 Å². The van der Waals surface area contributed by atoms with Crippen molar-refractivity contribution in [3.8, 4) is 0 Å². The maximum absolute atomic E-state index is 5.62. The summed E-state index contributed by atoms with van der Waals surface area (Å²) < 4.78 is 1.86. The number of aromatic nitrogens is 3. The Labute approximate surface area is 65.4 Å². The van der Waals surface area contributed by atoms with E-state index in [-0.39, 0.29) is 0 Å². The van der Waals surface area contributed by atoms with Gasteiger partial charge in [-0.3, -0.25) is 4.68 Å². The molecule has 2 N–H and O–H groups in total. The summed E-state index contributed by atoms with van der Waals surface area (Å²) in [6.07, 6.45) is 5.79. The Bertz CT molecular complexity index is 225. The van der Waals surface area contributed by atoms with E-state index in [1.165, 1.54) is 12.8 Å². The number of rotatable bonds is 3. The molecule has 0 aliphatic heterocycles. The first-order valence-electron chi connectivity index (χ1n) is 3.87. The molecular weight excluding hydrogens is 140 g/mol. The van der Waals surface area contributed by atoms with Crippen LogP contribution in [0.5, 0.6) is 0 Å². The van der Waals surface area contributed by atoms with E-state index in [1.54, 1.807) is 12.7 Å². The third-order valence-corrected chi connectivity index (χ3v) is 2.35. The zero-order valence-corrected chi connectivity index (χ0v) is 6.40. The molecule has 0 amide bonds. The molecule has 1 fully saturated rings. The minimum atomic E-state index is 0.355. The third-order valence-electron chi connectivity index (χ3n) is 2.35. The minimum Gasteiger partial charge on any atom is -0.330 e. The average molecular weight is 152 g/mol. The molecule has 1 aliphatic carbocycles. The monoisotopic (exact) mass is 152 g/mol. The van der Waals surface area contributed by atoms with Crippen LogP contribution in [0.4, 0.5) is 0 Å². The zero-order chi connectivity index (χ0) is 7.73. The van der Waals surface area contributed by atoms with Gasteiger partial charge in [0, 0.05) is 12.0 Å². The van der Waals surface area contributed by atoms with Crippen LogP contribution in [0.3, 0.4) is 0 Å². The van der Waals surface area contributed by atoms with E-state index in [1.807, 2.05) is 4.68 Å². The van der Waals surface area contributed by atoms with Gasteiger partial charge in [-0.1, -0.05) is 0 Å². The summed E-state index contributed by atoms with van der Waals surface area (Å²) in [6.45, 7) is 1.70. The second-order valence-electron chi connectivity index (χ2n) is 3.30. The van der Waals surface area contributed by atoms with Crippen LogP contribution in [0.2, 0.25) is 0 Å². The van der Waals surface area contributed by atoms with Gasteiger partial charge in [-0.25, -0.2) is 4.98 Å². The maximum atomic E-state index is 5.62. The highest BCUT2D eigenvalue weighted by Crippen LogP contribution is 2.45. The van der Waals surface area contributed by atoms with Crippen molar-refractivity contribution in [3.63, 3.8) is 0 Å². The van der Waals surface area contributed by atoms with Crippen LogP contribution >= 0.6 is 0 Å². The van der Waals surface area contributed by atoms with Crippen molar-refractivity contribution in [3.05, 3.63) is 12.7 Å². The van der Waals surface area contributed by atoms with Crippen molar-refractivity contribution in [1.29, 1.82) is 0 Å². The van der Waals surface area contributed by atoms with E-state index < -0.39 is 0 Å². The van der Waals surface area contributed by atoms with Crippen molar-refractivity contribution >= 4 is 0 Å². The molecule has 2 rings (SSSR count). The molecule has 1 aromatic heterocycles. The fourth-order valence-electron chi connectivity index (χ4n) is 1.26. The van der Waals surface area contributed by atoms with E-state index in [4.69, 9.17) is 5.73 Å². The number of hydrogen-bond donors (Lipinski definition) is 1. The Balaban J connectivity index is 2.01. The zero-order valence-electron chi connectivity index (χ0n) is 6.40. The lowest BCUT2D eigenvalue weighted by atomic mass is 10.1. The Morgan fingerprint density at radius 1 is 1.55 bits per heavy atom. The summed E-state index contributed by atoms with van der Waals surface area (Å²) in [6, 6.07) is 0. The Hall–Kier alpha value is -0.900. The van der Waals surface area contributed by atoms with Crippen LogP contribution in [0, 0.1) is 5.41 Å². The summed E-state index contributed by atoms with van der Waals surface area (Å²) >= 11 is 0. The average Bonchev–Trinajstić information content (AvgIpc) is 2.59. The van der Waals surface area contributed by atoms with Crippen LogP contribution in [0.15, 0.2) is 12.7 Å². The number of nitrogens with zero attached hydrogens (tertiary/aromatic N) is 3. The fraction of sp³-hybridized carbons (Fsp3) is 0.714. The quantitative estimate of drug-likeness (QED) is 0.664. The summed E-state index contributed by atoms with van der Waals surface area (Å²) in [5.41, 5.74) is 5.98. The standard InChI is InChI=1S/C7H12N4/c8-3-7(1-2-7)4-11-6-9-5-10-11/h5-6H,1-4,8H2. The SMILES string of the molecule is NCC1(Cn2cncn2)CC1. The lowest BCUT2D eigenvalue weighted by Crippen LogP contribution is -2.21. The lowest BCUT2D eigenvalue weighted by Gasteiger charge is -2.10. The van der Waals surface area contributed by atoms with E-state index in [0.29, 0.717) is 5.41 Å². The van der Waals surface area contributed by atoms with Crippen molar-refractivity contribution in [2.24, 2.45) is 11.1 Å². The Kier molecular flexibility index (Phi) is 1.42. The third kappa shape index (κ3) is 1.26. The predicted octanol–water partition coefficient (Wildman–Crippen LogP) is 0.0170. The van der Waals surface area contributed by atoms with Gasteiger partial charge in [-0.05, 0) is 19.4 Å².